The maximum Gasteiger partial charge on any atom is 0.309 e. The van der Waals surface area contributed by atoms with E-state index in [1.54, 1.807) is 12.1 Å². The molecule has 0 bridgehead atoms. The molecule has 2 atom stereocenters. The van der Waals surface area contributed by atoms with Crippen molar-refractivity contribution in [3.63, 3.8) is 0 Å². The van der Waals surface area contributed by atoms with Gasteiger partial charge in [0.2, 0.25) is 0 Å². The van der Waals surface area contributed by atoms with E-state index in [4.69, 9.17) is 5.11 Å². The van der Waals surface area contributed by atoms with Crippen LogP contribution in [0.5, 0.6) is 5.75 Å². The summed E-state index contributed by atoms with van der Waals surface area (Å²) in [6.07, 6.45) is 0.859. The molecule has 0 aliphatic heterocycles. The summed E-state index contributed by atoms with van der Waals surface area (Å²) in [6.45, 7) is 0. The van der Waals surface area contributed by atoms with Crippen LogP contribution in [0, 0.1) is 5.92 Å². The van der Waals surface area contributed by atoms with Crippen molar-refractivity contribution in [2.45, 2.75) is 12.3 Å². The molecule has 3 heteroatoms. The van der Waals surface area contributed by atoms with Crippen LogP contribution in [0.3, 0.4) is 0 Å². The molecule has 3 nitrogen and oxygen atoms in total. The van der Waals surface area contributed by atoms with E-state index in [2.05, 4.69) is 4.74 Å². The molecule has 1 N–H and O–H groups in total. The van der Waals surface area contributed by atoms with E-state index in [0.29, 0.717) is 0 Å². The summed E-state index contributed by atoms with van der Waals surface area (Å²) in [5.41, 5.74) is 1.10. The number of esters is 1. The minimum absolute atomic E-state index is 0.0181. The van der Waals surface area contributed by atoms with E-state index in [0.717, 1.165) is 12.0 Å². The van der Waals surface area contributed by atoms with E-state index in [-0.39, 0.29) is 23.6 Å². The van der Waals surface area contributed by atoms with Gasteiger partial charge in [-0.25, -0.2) is 0 Å². The number of rotatable bonds is 2. The van der Waals surface area contributed by atoms with Crippen LogP contribution < -0.4 is 0 Å². The third-order valence-corrected chi connectivity index (χ3v) is 2.62. The molecule has 1 aromatic rings. The Kier molecular flexibility index (Phi) is 2.15. The highest BCUT2D eigenvalue weighted by atomic mass is 16.5. The molecule has 0 saturated heterocycles. The lowest BCUT2D eigenvalue weighted by molar-refractivity contribution is -0.142. The normalized spacial score (nSPS) is 24.4. The van der Waals surface area contributed by atoms with Gasteiger partial charge in [0, 0.05) is 0 Å². The van der Waals surface area contributed by atoms with Crippen molar-refractivity contribution >= 4 is 5.97 Å². The fraction of sp³-hybridized carbons (Fsp3) is 0.364. The smallest absolute Gasteiger partial charge is 0.309 e. The average Bonchev–Trinajstić information content (AvgIpc) is 2.98. The molecule has 2 rings (SSSR count). The second kappa shape index (κ2) is 3.33. The van der Waals surface area contributed by atoms with Crippen LogP contribution in [-0.2, 0) is 9.53 Å². The summed E-state index contributed by atoms with van der Waals surface area (Å²) in [4.78, 5) is 11.2. The molecule has 0 heterocycles. The molecule has 1 aromatic carbocycles. The first-order valence-electron chi connectivity index (χ1n) is 4.59. The fourth-order valence-corrected chi connectivity index (χ4v) is 1.70. The van der Waals surface area contributed by atoms with Gasteiger partial charge in [0.1, 0.15) is 5.75 Å². The quantitative estimate of drug-likeness (QED) is 0.725. The van der Waals surface area contributed by atoms with Gasteiger partial charge < -0.3 is 9.84 Å². The Labute approximate surface area is 82.3 Å². The van der Waals surface area contributed by atoms with Crippen molar-refractivity contribution in [3.8, 4) is 5.75 Å². The molecule has 1 aliphatic rings. The van der Waals surface area contributed by atoms with Crippen molar-refractivity contribution in [2.75, 3.05) is 7.11 Å². The summed E-state index contributed by atoms with van der Waals surface area (Å²) in [5.74, 6) is 0.416. The SMILES string of the molecule is COC(=O)[C@@H]1C[C@@H]1c1ccc(O)cc1. The Morgan fingerprint density at radius 2 is 2.07 bits per heavy atom. The number of benzene rings is 1. The Hall–Kier alpha value is -1.51. The van der Waals surface area contributed by atoms with Crippen LogP contribution in [0.1, 0.15) is 17.9 Å². The number of carbonyl (C=O) groups is 1. The summed E-state index contributed by atoms with van der Waals surface area (Å²) in [5, 5.41) is 9.09. The van der Waals surface area contributed by atoms with Gasteiger partial charge in [-0.3, -0.25) is 4.79 Å². The summed E-state index contributed by atoms with van der Waals surface area (Å²) in [7, 11) is 1.41. The highest BCUT2D eigenvalue weighted by Gasteiger charge is 2.44. The average molecular weight is 192 g/mol. The summed E-state index contributed by atoms with van der Waals surface area (Å²) >= 11 is 0. The van der Waals surface area contributed by atoms with Crippen molar-refractivity contribution in [1.82, 2.24) is 0 Å². The van der Waals surface area contributed by atoms with Crippen LogP contribution in [-0.4, -0.2) is 18.2 Å². The zero-order valence-corrected chi connectivity index (χ0v) is 7.93. The topological polar surface area (TPSA) is 46.5 Å². The van der Waals surface area contributed by atoms with Gasteiger partial charge in [-0.05, 0) is 30.0 Å². The molecular weight excluding hydrogens is 180 g/mol. The summed E-state index contributed by atoms with van der Waals surface area (Å²) in [6, 6.07) is 6.98. The lowest BCUT2D eigenvalue weighted by atomic mass is 10.1. The first-order chi connectivity index (χ1) is 6.72. The lowest BCUT2D eigenvalue weighted by Gasteiger charge is -1.99. The van der Waals surface area contributed by atoms with Crippen LogP contribution in [0.15, 0.2) is 24.3 Å². The number of phenolic OH excluding ortho intramolecular Hbond substituents is 1. The number of hydrogen-bond donors (Lipinski definition) is 1. The van der Waals surface area contributed by atoms with E-state index in [1.165, 1.54) is 7.11 Å². The highest BCUT2D eigenvalue weighted by molar-refractivity contribution is 5.77. The molecule has 1 aliphatic carbocycles. The zero-order valence-electron chi connectivity index (χ0n) is 7.93. The molecule has 0 spiro atoms. The van der Waals surface area contributed by atoms with Crippen molar-refractivity contribution in [1.29, 1.82) is 0 Å². The van der Waals surface area contributed by atoms with Gasteiger partial charge in [-0.1, -0.05) is 12.1 Å². The summed E-state index contributed by atoms with van der Waals surface area (Å²) < 4.78 is 4.66. The fourth-order valence-electron chi connectivity index (χ4n) is 1.70. The lowest BCUT2D eigenvalue weighted by Crippen LogP contribution is -2.03. The minimum Gasteiger partial charge on any atom is -0.508 e. The number of phenols is 1. The monoisotopic (exact) mass is 192 g/mol. The Morgan fingerprint density at radius 1 is 1.43 bits per heavy atom. The van der Waals surface area contributed by atoms with Gasteiger partial charge in [0.05, 0.1) is 13.0 Å². The second-order valence-electron chi connectivity index (χ2n) is 3.56. The van der Waals surface area contributed by atoms with Gasteiger partial charge in [-0.2, -0.15) is 0 Å². The molecule has 0 unspecified atom stereocenters. The number of ether oxygens (including phenoxy) is 1. The number of carbonyl (C=O) groups excluding carboxylic acids is 1. The standard InChI is InChI=1S/C11H12O3/c1-14-11(13)10-6-9(10)7-2-4-8(12)5-3-7/h2-5,9-10,12H,6H2,1H3/t9-,10-/m1/s1. The van der Waals surface area contributed by atoms with Gasteiger partial charge in [0.25, 0.3) is 0 Å². The molecule has 1 fully saturated rings. The largest absolute Gasteiger partial charge is 0.508 e. The van der Waals surface area contributed by atoms with Crippen molar-refractivity contribution in [2.24, 2.45) is 5.92 Å². The van der Waals surface area contributed by atoms with Crippen LogP contribution >= 0.6 is 0 Å². The number of aromatic hydroxyl groups is 1. The van der Waals surface area contributed by atoms with Gasteiger partial charge in [-0.15, -0.1) is 0 Å². The molecule has 1 saturated carbocycles. The van der Waals surface area contributed by atoms with Crippen LogP contribution in [0.25, 0.3) is 0 Å². The molecule has 0 radical (unpaired) electrons. The van der Waals surface area contributed by atoms with Gasteiger partial charge >= 0.3 is 5.97 Å². The molecule has 0 amide bonds. The van der Waals surface area contributed by atoms with E-state index in [9.17, 15) is 4.79 Å². The first kappa shape index (κ1) is 9.06. The predicted molar refractivity (Wildman–Crippen MR) is 51.0 cm³/mol. The third kappa shape index (κ3) is 1.58. The Morgan fingerprint density at radius 3 is 2.64 bits per heavy atom. The van der Waals surface area contributed by atoms with Gasteiger partial charge in [0.15, 0.2) is 0 Å². The maximum absolute atomic E-state index is 11.2. The minimum atomic E-state index is -0.136. The maximum atomic E-state index is 11.2. The van der Waals surface area contributed by atoms with E-state index >= 15 is 0 Å². The molecule has 14 heavy (non-hydrogen) atoms. The molecular formula is C11H12O3. The third-order valence-electron chi connectivity index (χ3n) is 2.62. The Bertz CT molecular complexity index is 342. The zero-order chi connectivity index (χ0) is 10.1. The predicted octanol–water partition coefficient (Wildman–Crippen LogP) is 1.67. The van der Waals surface area contributed by atoms with E-state index < -0.39 is 0 Å². The van der Waals surface area contributed by atoms with Crippen LogP contribution in [0.2, 0.25) is 0 Å². The highest BCUT2D eigenvalue weighted by Crippen LogP contribution is 2.48. The van der Waals surface area contributed by atoms with Crippen molar-refractivity contribution in [3.05, 3.63) is 29.8 Å². The van der Waals surface area contributed by atoms with Crippen LogP contribution in [0.4, 0.5) is 0 Å². The number of hydrogen-bond acceptors (Lipinski definition) is 3. The number of methoxy groups -OCH3 is 1. The van der Waals surface area contributed by atoms with Crippen molar-refractivity contribution < 1.29 is 14.6 Å². The molecule has 74 valence electrons. The Balaban J connectivity index is 2.06. The second-order valence-corrected chi connectivity index (χ2v) is 3.56. The first-order valence-corrected chi connectivity index (χ1v) is 4.59. The van der Waals surface area contributed by atoms with E-state index in [1.807, 2.05) is 12.1 Å². The molecule has 0 aromatic heterocycles.